The van der Waals surface area contributed by atoms with Crippen molar-refractivity contribution in [2.75, 3.05) is 11.5 Å². The van der Waals surface area contributed by atoms with Crippen molar-refractivity contribution >= 4 is 17.5 Å². The van der Waals surface area contributed by atoms with Crippen molar-refractivity contribution in [3.05, 3.63) is 12.3 Å². The van der Waals surface area contributed by atoms with Gasteiger partial charge < -0.3 is 4.74 Å². The van der Waals surface area contributed by atoms with Crippen LogP contribution in [-0.2, 0) is 9.53 Å². The normalized spacial score (nSPS) is 37.4. The second-order valence-corrected chi connectivity index (χ2v) is 3.69. The molecule has 54 valence electrons. The highest BCUT2D eigenvalue weighted by Gasteiger charge is 2.44. The lowest BCUT2D eigenvalue weighted by molar-refractivity contribution is -0.127. The maximum Gasteiger partial charge on any atom is 0.203 e. The lowest BCUT2D eigenvalue weighted by Gasteiger charge is -2.18. The Morgan fingerprint density at radius 1 is 1.70 bits per heavy atom. The Hall–Kier alpha value is -0.440. The Balaban J connectivity index is 2.23. The third-order valence-corrected chi connectivity index (χ3v) is 3.11. The Morgan fingerprint density at radius 2 is 2.60 bits per heavy atom. The zero-order chi connectivity index (χ0) is 7.03. The highest BCUT2D eigenvalue weighted by atomic mass is 32.2. The molecule has 1 spiro atoms. The van der Waals surface area contributed by atoms with Gasteiger partial charge in [-0.05, 0) is 5.75 Å². The molecule has 0 saturated carbocycles. The molecule has 2 heterocycles. The average Bonchev–Trinajstić information content (AvgIpc) is 2.48. The minimum Gasteiger partial charge on any atom is -0.486 e. The second kappa shape index (κ2) is 2.02. The minimum atomic E-state index is -0.440. The van der Waals surface area contributed by atoms with E-state index in [4.69, 9.17) is 4.74 Å². The first-order valence-corrected chi connectivity index (χ1v) is 4.46. The molecule has 0 aliphatic carbocycles. The fourth-order valence-electron chi connectivity index (χ4n) is 1.27. The number of rotatable bonds is 0. The SMILES string of the molecule is O=C1C=COC12CCSC2. The lowest BCUT2D eigenvalue weighted by atomic mass is 9.99. The second-order valence-electron chi connectivity index (χ2n) is 2.58. The summed E-state index contributed by atoms with van der Waals surface area (Å²) in [4.78, 5) is 11.2. The predicted octanol–water partition coefficient (Wildman–Crippen LogP) is 0.975. The molecule has 0 aromatic carbocycles. The summed E-state index contributed by atoms with van der Waals surface area (Å²) in [5, 5.41) is 0. The van der Waals surface area contributed by atoms with E-state index in [1.807, 2.05) is 0 Å². The number of ether oxygens (including phenoxy) is 1. The number of hydrogen-bond donors (Lipinski definition) is 0. The van der Waals surface area contributed by atoms with Crippen LogP contribution in [0.1, 0.15) is 6.42 Å². The molecule has 0 N–H and O–H groups in total. The van der Waals surface area contributed by atoms with Gasteiger partial charge in [-0.15, -0.1) is 0 Å². The molecule has 2 rings (SSSR count). The summed E-state index contributed by atoms with van der Waals surface area (Å²) >= 11 is 1.79. The molecule has 1 saturated heterocycles. The predicted molar refractivity (Wildman–Crippen MR) is 39.9 cm³/mol. The molecule has 2 aliphatic heterocycles. The van der Waals surface area contributed by atoms with Crippen LogP contribution >= 0.6 is 11.8 Å². The van der Waals surface area contributed by atoms with E-state index >= 15 is 0 Å². The Kier molecular flexibility index (Phi) is 1.27. The summed E-state index contributed by atoms with van der Waals surface area (Å²) in [6.45, 7) is 0. The first kappa shape index (κ1) is 6.28. The average molecular weight is 156 g/mol. The van der Waals surface area contributed by atoms with Gasteiger partial charge in [-0.25, -0.2) is 0 Å². The van der Waals surface area contributed by atoms with Crippen LogP contribution in [-0.4, -0.2) is 22.9 Å². The van der Waals surface area contributed by atoms with Crippen molar-refractivity contribution in [1.29, 1.82) is 0 Å². The van der Waals surface area contributed by atoms with Crippen LogP contribution in [0.4, 0.5) is 0 Å². The van der Waals surface area contributed by atoms with Crippen molar-refractivity contribution in [1.82, 2.24) is 0 Å². The molecule has 0 amide bonds. The number of ketones is 1. The smallest absolute Gasteiger partial charge is 0.203 e. The summed E-state index contributed by atoms with van der Waals surface area (Å²) in [6, 6.07) is 0. The first-order chi connectivity index (χ1) is 4.83. The molecule has 1 atom stereocenters. The molecule has 2 aliphatic rings. The minimum absolute atomic E-state index is 0.150. The highest BCUT2D eigenvalue weighted by molar-refractivity contribution is 7.99. The first-order valence-electron chi connectivity index (χ1n) is 3.30. The van der Waals surface area contributed by atoms with Crippen LogP contribution in [0.2, 0.25) is 0 Å². The van der Waals surface area contributed by atoms with Crippen molar-refractivity contribution < 1.29 is 9.53 Å². The standard InChI is InChI=1S/C7H8O2S/c8-6-1-3-9-7(6)2-4-10-5-7/h1,3H,2,4-5H2. The third kappa shape index (κ3) is 0.700. The van der Waals surface area contributed by atoms with Gasteiger partial charge in [0.25, 0.3) is 0 Å². The molecule has 1 fully saturated rings. The Labute approximate surface area is 63.6 Å². The van der Waals surface area contributed by atoms with E-state index in [1.54, 1.807) is 11.8 Å². The summed E-state index contributed by atoms with van der Waals surface area (Å²) in [7, 11) is 0. The van der Waals surface area contributed by atoms with Crippen molar-refractivity contribution in [3.63, 3.8) is 0 Å². The maximum atomic E-state index is 11.2. The number of carbonyl (C=O) groups is 1. The van der Waals surface area contributed by atoms with E-state index in [1.165, 1.54) is 12.3 Å². The summed E-state index contributed by atoms with van der Waals surface area (Å²) in [6.07, 6.45) is 3.93. The van der Waals surface area contributed by atoms with E-state index < -0.39 is 5.60 Å². The van der Waals surface area contributed by atoms with Crippen LogP contribution in [0.5, 0.6) is 0 Å². The topological polar surface area (TPSA) is 26.3 Å². The molecule has 0 radical (unpaired) electrons. The molecule has 0 aromatic heterocycles. The van der Waals surface area contributed by atoms with Crippen LogP contribution in [0.3, 0.4) is 0 Å². The van der Waals surface area contributed by atoms with E-state index in [9.17, 15) is 4.79 Å². The van der Waals surface area contributed by atoms with E-state index in [2.05, 4.69) is 0 Å². The zero-order valence-corrected chi connectivity index (χ0v) is 6.32. The molecular weight excluding hydrogens is 148 g/mol. The van der Waals surface area contributed by atoms with E-state index in [0.29, 0.717) is 0 Å². The van der Waals surface area contributed by atoms with Gasteiger partial charge in [0.05, 0.1) is 6.26 Å². The quantitative estimate of drug-likeness (QED) is 0.523. The van der Waals surface area contributed by atoms with Gasteiger partial charge in [-0.2, -0.15) is 11.8 Å². The van der Waals surface area contributed by atoms with Gasteiger partial charge in [0.15, 0.2) is 5.60 Å². The number of thioether (sulfide) groups is 1. The van der Waals surface area contributed by atoms with Gasteiger partial charge in [-0.3, -0.25) is 4.79 Å². The Morgan fingerprint density at radius 3 is 3.10 bits per heavy atom. The molecule has 0 bridgehead atoms. The van der Waals surface area contributed by atoms with Crippen molar-refractivity contribution in [2.24, 2.45) is 0 Å². The van der Waals surface area contributed by atoms with Gasteiger partial charge >= 0.3 is 0 Å². The number of carbonyl (C=O) groups excluding carboxylic acids is 1. The molecule has 2 nitrogen and oxygen atoms in total. The van der Waals surface area contributed by atoms with Crippen molar-refractivity contribution in [2.45, 2.75) is 12.0 Å². The fraction of sp³-hybridized carbons (Fsp3) is 0.571. The molecule has 10 heavy (non-hydrogen) atoms. The summed E-state index contributed by atoms with van der Waals surface area (Å²) in [5.41, 5.74) is -0.440. The fourth-order valence-corrected chi connectivity index (χ4v) is 2.57. The van der Waals surface area contributed by atoms with Crippen LogP contribution < -0.4 is 0 Å². The van der Waals surface area contributed by atoms with Crippen LogP contribution in [0.15, 0.2) is 12.3 Å². The number of hydrogen-bond acceptors (Lipinski definition) is 3. The van der Waals surface area contributed by atoms with Gasteiger partial charge in [0.1, 0.15) is 0 Å². The molecule has 3 heteroatoms. The molecular formula is C7H8O2S. The largest absolute Gasteiger partial charge is 0.486 e. The van der Waals surface area contributed by atoms with E-state index in [0.717, 1.165) is 17.9 Å². The van der Waals surface area contributed by atoms with Crippen LogP contribution in [0.25, 0.3) is 0 Å². The van der Waals surface area contributed by atoms with Gasteiger partial charge in [-0.1, -0.05) is 0 Å². The van der Waals surface area contributed by atoms with Crippen molar-refractivity contribution in [3.8, 4) is 0 Å². The highest BCUT2D eigenvalue weighted by Crippen LogP contribution is 2.35. The van der Waals surface area contributed by atoms with Gasteiger partial charge in [0.2, 0.25) is 5.78 Å². The van der Waals surface area contributed by atoms with Crippen LogP contribution in [0, 0.1) is 0 Å². The maximum absolute atomic E-state index is 11.2. The van der Waals surface area contributed by atoms with Gasteiger partial charge in [0, 0.05) is 18.2 Å². The monoisotopic (exact) mass is 156 g/mol. The summed E-state index contributed by atoms with van der Waals surface area (Å²) < 4.78 is 5.26. The third-order valence-electron chi connectivity index (χ3n) is 1.95. The zero-order valence-electron chi connectivity index (χ0n) is 5.50. The Bertz CT molecular complexity index is 192. The van der Waals surface area contributed by atoms with E-state index in [-0.39, 0.29) is 5.78 Å². The summed E-state index contributed by atoms with van der Waals surface area (Å²) in [5.74, 6) is 2.03. The molecule has 0 aromatic rings. The lowest BCUT2D eigenvalue weighted by Crippen LogP contribution is -2.35. The molecule has 1 unspecified atom stereocenters.